The van der Waals surface area contributed by atoms with Gasteiger partial charge in [-0.1, -0.05) is 15.9 Å². The highest BCUT2D eigenvalue weighted by Gasteiger charge is 2.15. The Hall–Kier alpha value is -3.13. The minimum Gasteiger partial charge on any atom is -0.478 e. The number of nitrogens with zero attached hydrogens (tertiary/aromatic N) is 2. The lowest BCUT2D eigenvalue weighted by atomic mass is 10.1. The second-order valence-electron chi connectivity index (χ2n) is 6.28. The maximum atomic E-state index is 12.6. The molecule has 0 unspecified atom stereocenters. The lowest BCUT2D eigenvalue weighted by Gasteiger charge is -2.23. The highest BCUT2D eigenvalue weighted by Crippen LogP contribution is 2.27. The number of halogens is 1. The number of anilines is 2. The summed E-state index contributed by atoms with van der Waals surface area (Å²) in [7, 11) is 1.89. The fraction of sp³-hybridized carbons (Fsp3) is 0.150. The predicted molar refractivity (Wildman–Crippen MR) is 111 cm³/mol. The monoisotopic (exact) mass is 442 g/mol. The van der Waals surface area contributed by atoms with Crippen LogP contribution in [0.5, 0.6) is 0 Å². The minimum atomic E-state index is -1.05. The van der Waals surface area contributed by atoms with Gasteiger partial charge in [0, 0.05) is 29.8 Å². The number of carboxylic acid groups (broad SMARTS) is 1. The molecule has 28 heavy (non-hydrogen) atoms. The molecule has 0 fully saturated rings. The van der Waals surface area contributed by atoms with E-state index in [0.717, 1.165) is 22.1 Å². The molecule has 0 atom stereocenters. The molecule has 0 bridgehead atoms. The number of carbonyl (C=O) groups is 2. The van der Waals surface area contributed by atoms with Gasteiger partial charge in [-0.2, -0.15) is 5.10 Å². The normalized spacial score (nSPS) is 10.5. The Morgan fingerprint density at radius 3 is 2.54 bits per heavy atom. The van der Waals surface area contributed by atoms with Gasteiger partial charge in [0.2, 0.25) is 0 Å². The summed E-state index contributed by atoms with van der Waals surface area (Å²) in [6.07, 6.45) is 4.35. The van der Waals surface area contributed by atoms with Gasteiger partial charge in [-0.05, 0) is 54.4 Å². The summed E-state index contributed by atoms with van der Waals surface area (Å²) < 4.78 is 0.872. The lowest BCUT2D eigenvalue weighted by molar-refractivity contribution is 0.0696. The van der Waals surface area contributed by atoms with Crippen LogP contribution >= 0.6 is 15.9 Å². The largest absolute Gasteiger partial charge is 0.478 e. The van der Waals surface area contributed by atoms with Crippen molar-refractivity contribution < 1.29 is 14.7 Å². The second-order valence-corrected chi connectivity index (χ2v) is 7.19. The Balaban J connectivity index is 1.83. The number of aromatic carboxylic acids is 1. The quantitative estimate of drug-likeness (QED) is 0.516. The second kappa shape index (κ2) is 8.71. The van der Waals surface area contributed by atoms with Crippen molar-refractivity contribution in [3.05, 3.63) is 76.0 Å². The molecule has 3 rings (SSSR count). The van der Waals surface area contributed by atoms with E-state index in [-0.39, 0.29) is 11.5 Å². The van der Waals surface area contributed by atoms with E-state index in [1.54, 1.807) is 36.5 Å². The Kier molecular flexibility index (Phi) is 6.10. The summed E-state index contributed by atoms with van der Waals surface area (Å²) in [6.45, 7) is 0.674. The van der Waals surface area contributed by atoms with Gasteiger partial charge in [0.05, 0.1) is 23.1 Å². The van der Waals surface area contributed by atoms with E-state index in [9.17, 15) is 14.7 Å². The first kappa shape index (κ1) is 19.6. The molecule has 0 saturated carbocycles. The molecule has 0 radical (unpaired) electrons. The zero-order valence-corrected chi connectivity index (χ0v) is 16.7. The Labute approximate surface area is 170 Å². The molecule has 0 spiro atoms. The molecule has 8 heteroatoms. The number of carboxylic acids is 1. The fourth-order valence-corrected chi connectivity index (χ4v) is 2.99. The lowest BCUT2D eigenvalue weighted by Crippen LogP contribution is -2.23. The number of hydrogen-bond donors (Lipinski definition) is 3. The molecule has 0 saturated heterocycles. The summed E-state index contributed by atoms with van der Waals surface area (Å²) in [4.78, 5) is 26.0. The van der Waals surface area contributed by atoms with Gasteiger partial charge >= 0.3 is 5.97 Å². The summed E-state index contributed by atoms with van der Waals surface area (Å²) >= 11 is 3.34. The summed E-state index contributed by atoms with van der Waals surface area (Å²) in [5.41, 5.74) is 2.84. The average molecular weight is 443 g/mol. The SMILES string of the molecule is CN(CCc1cn[nH]c1)c1ccc(C(=O)O)cc1NC(=O)c1ccc(Br)cc1. The van der Waals surface area contributed by atoms with Crippen LogP contribution in [0, 0.1) is 0 Å². The summed E-state index contributed by atoms with van der Waals surface area (Å²) in [5, 5.41) is 18.9. The topological polar surface area (TPSA) is 98.3 Å². The maximum absolute atomic E-state index is 12.6. The molecule has 0 aliphatic carbocycles. The van der Waals surface area contributed by atoms with E-state index in [4.69, 9.17) is 0 Å². The Bertz CT molecular complexity index is 972. The summed E-state index contributed by atoms with van der Waals surface area (Å²) in [5.74, 6) is -1.36. The first-order chi connectivity index (χ1) is 13.4. The van der Waals surface area contributed by atoms with E-state index in [1.165, 1.54) is 12.1 Å². The van der Waals surface area contributed by atoms with Crippen LogP contribution in [0.3, 0.4) is 0 Å². The smallest absolute Gasteiger partial charge is 0.335 e. The molecule has 3 N–H and O–H groups in total. The number of H-pyrrole nitrogens is 1. The summed E-state index contributed by atoms with van der Waals surface area (Å²) in [6, 6.07) is 11.7. The molecule has 7 nitrogen and oxygen atoms in total. The zero-order chi connectivity index (χ0) is 20.1. The van der Waals surface area contributed by atoms with E-state index >= 15 is 0 Å². The van der Waals surface area contributed by atoms with Crippen LogP contribution in [0.4, 0.5) is 11.4 Å². The number of aromatic amines is 1. The van der Waals surface area contributed by atoms with Crippen LogP contribution in [-0.2, 0) is 6.42 Å². The fourth-order valence-electron chi connectivity index (χ4n) is 2.73. The van der Waals surface area contributed by atoms with Gasteiger partial charge in [0.25, 0.3) is 5.91 Å². The third-order valence-corrected chi connectivity index (χ3v) is 4.83. The van der Waals surface area contributed by atoms with Crippen molar-refractivity contribution in [2.24, 2.45) is 0 Å². The van der Waals surface area contributed by atoms with Crippen molar-refractivity contribution in [1.29, 1.82) is 0 Å². The van der Waals surface area contributed by atoms with E-state index in [1.807, 2.05) is 18.1 Å². The van der Waals surface area contributed by atoms with Crippen LogP contribution < -0.4 is 10.2 Å². The molecule has 3 aromatic rings. The average Bonchev–Trinajstić information content (AvgIpc) is 3.20. The highest BCUT2D eigenvalue weighted by molar-refractivity contribution is 9.10. The van der Waals surface area contributed by atoms with Crippen LogP contribution in [0.1, 0.15) is 26.3 Å². The maximum Gasteiger partial charge on any atom is 0.335 e. The number of hydrogen-bond acceptors (Lipinski definition) is 4. The number of amides is 1. The predicted octanol–water partition coefficient (Wildman–Crippen LogP) is 3.80. The molecule has 1 heterocycles. The number of benzene rings is 2. The third kappa shape index (κ3) is 4.77. The zero-order valence-electron chi connectivity index (χ0n) is 15.1. The molecule has 1 aromatic heterocycles. The van der Waals surface area contributed by atoms with E-state index in [2.05, 4.69) is 31.4 Å². The Morgan fingerprint density at radius 2 is 1.89 bits per heavy atom. The number of likely N-dealkylation sites (N-methyl/N-ethyl adjacent to an activating group) is 1. The van der Waals surface area contributed by atoms with E-state index < -0.39 is 5.97 Å². The van der Waals surface area contributed by atoms with Gasteiger partial charge in [0.1, 0.15) is 0 Å². The van der Waals surface area contributed by atoms with Crippen molar-refractivity contribution in [2.45, 2.75) is 6.42 Å². The van der Waals surface area contributed by atoms with Gasteiger partial charge in [0.15, 0.2) is 0 Å². The van der Waals surface area contributed by atoms with Gasteiger partial charge in [-0.3, -0.25) is 9.89 Å². The first-order valence-electron chi connectivity index (χ1n) is 8.57. The van der Waals surface area contributed by atoms with Crippen molar-refractivity contribution >= 4 is 39.2 Å². The third-order valence-electron chi connectivity index (χ3n) is 4.30. The van der Waals surface area contributed by atoms with Gasteiger partial charge in [-0.15, -0.1) is 0 Å². The first-order valence-corrected chi connectivity index (χ1v) is 9.36. The Morgan fingerprint density at radius 1 is 1.18 bits per heavy atom. The van der Waals surface area contributed by atoms with Gasteiger partial charge in [-0.25, -0.2) is 4.79 Å². The number of carbonyl (C=O) groups excluding carboxylic acids is 1. The van der Waals surface area contributed by atoms with Gasteiger partial charge < -0.3 is 15.3 Å². The molecule has 2 aromatic carbocycles. The number of rotatable bonds is 7. The van der Waals surface area contributed by atoms with Crippen LogP contribution in [0.15, 0.2) is 59.3 Å². The number of aromatic nitrogens is 2. The van der Waals surface area contributed by atoms with Crippen molar-refractivity contribution in [1.82, 2.24) is 10.2 Å². The molecule has 0 aliphatic rings. The standard InChI is InChI=1S/C20H19BrN4O3/c1-25(9-8-13-11-22-23-12-13)18-7-4-15(20(27)28)10-17(18)24-19(26)14-2-5-16(21)6-3-14/h2-7,10-12H,8-9H2,1H3,(H,22,23)(H,24,26)(H,27,28). The van der Waals surface area contributed by atoms with Crippen molar-refractivity contribution in [3.63, 3.8) is 0 Å². The van der Waals surface area contributed by atoms with Crippen molar-refractivity contribution in [2.75, 3.05) is 23.8 Å². The molecule has 1 amide bonds. The molecular formula is C20H19BrN4O3. The molecule has 144 valence electrons. The van der Waals surface area contributed by atoms with E-state index in [0.29, 0.717) is 17.8 Å². The van der Waals surface area contributed by atoms with Crippen LogP contribution in [0.2, 0.25) is 0 Å². The van der Waals surface area contributed by atoms with Crippen molar-refractivity contribution in [3.8, 4) is 0 Å². The van der Waals surface area contributed by atoms with Crippen LogP contribution in [-0.4, -0.2) is 40.8 Å². The van der Waals surface area contributed by atoms with Crippen LogP contribution in [0.25, 0.3) is 0 Å². The molecular weight excluding hydrogens is 424 g/mol. The minimum absolute atomic E-state index is 0.109. The number of nitrogens with one attached hydrogen (secondary N) is 2. The highest BCUT2D eigenvalue weighted by atomic mass is 79.9. The molecule has 0 aliphatic heterocycles.